The van der Waals surface area contributed by atoms with Crippen LogP contribution in [0.25, 0.3) is 11.1 Å². The van der Waals surface area contributed by atoms with Gasteiger partial charge in [0.1, 0.15) is 5.82 Å². The fourth-order valence-corrected chi connectivity index (χ4v) is 3.47. The van der Waals surface area contributed by atoms with Crippen LogP contribution >= 0.6 is 0 Å². The van der Waals surface area contributed by atoms with Gasteiger partial charge >= 0.3 is 5.97 Å². The van der Waals surface area contributed by atoms with Crippen molar-refractivity contribution >= 4 is 27.6 Å². The third kappa shape index (κ3) is 4.37. The van der Waals surface area contributed by atoms with Crippen molar-refractivity contribution in [1.29, 1.82) is 0 Å². The second-order valence-corrected chi connectivity index (χ2v) is 8.10. The van der Waals surface area contributed by atoms with Crippen LogP contribution in [-0.4, -0.2) is 25.4 Å². The Morgan fingerprint density at radius 3 is 2.30 bits per heavy atom. The lowest BCUT2D eigenvalue weighted by Crippen LogP contribution is -2.17. The van der Waals surface area contributed by atoms with E-state index in [1.807, 2.05) is 6.92 Å². The molecular weight excluding hydrogens is 411 g/mol. The maximum atomic E-state index is 14.6. The predicted molar refractivity (Wildman–Crippen MR) is 109 cm³/mol. The quantitative estimate of drug-likeness (QED) is 0.574. The molecule has 9 heteroatoms. The lowest BCUT2D eigenvalue weighted by Gasteiger charge is -2.14. The summed E-state index contributed by atoms with van der Waals surface area (Å²) in [4.78, 5) is 24.3. The van der Waals surface area contributed by atoms with Gasteiger partial charge in [-0.25, -0.2) is 22.7 Å². The molecule has 0 saturated heterocycles. The minimum atomic E-state index is -4.03. The van der Waals surface area contributed by atoms with Gasteiger partial charge in [-0.05, 0) is 42.8 Å². The lowest BCUT2D eigenvalue weighted by molar-refractivity contribution is 0.0698. The second kappa shape index (κ2) is 8.05. The number of aryl methyl sites for hydroxylation is 1. The number of primary sulfonamides is 1. The molecule has 154 valence electrons. The maximum Gasteiger partial charge on any atom is 0.338 e. The number of anilines is 1. The molecule has 0 spiro atoms. The van der Waals surface area contributed by atoms with Gasteiger partial charge in [0.05, 0.1) is 16.1 Å². The van der Waals surface area contributed by atoms with Gasteiger partial charge in [-0.1, -0.05) is 35.9 Å². The first-order valence-electron chi connectivity index (χ1n) is 8.65. The normalized spacial score (nSPS) is 11.2. The number of carboxylic acid groups (broad SMARTS) is 1. The molecule has 7 nitrogen and oxygen atoms in total. The smallest absolute Gasteiger partial charge is 0.338 e. The summed E-state index contributed by atoms with van der Waals surface area (Å²) in [5.41, 5.74) is 0.469. The molecule has 30 heavy (non-hydrogen) atoms. The zero-order valence-corrected chi connectivity index (χ0v) is 16.5. The molecule has 3 rings (SSSR count). The van der Waals surface area contributed by atoms with E-state index in [9.17, 15) is 27.5 Å². The average Bonchev–Trinajstić information content (AvgIpc) is 2.69. The van der Waals surface area contributed by atoms with E-state index in [4.69, 9.17) is 5.14 Å². The number of carboxylic acids is 1. The maximum absolute atomic E-state index is 14.6. The molecule has 1 amide bonds. The molecular formula is C21H17FN2O5S. The average molecular weight is 428 g/mol. The number of rotatable bonds is 5. The van der Waals surface area contributed by atoms with Gasteiger partial charge in [-0.3, -0.25) is 4.79 Å². The van der Waals surface area contributed by atoms with Crippen molar-refractivity contribution in [2.75, 3.05) is 5.32 Å². The molecule has 0 aliphatic carbocycles. The summed E-state index contributed by atoms with van der Waals surface area (Å²) in [5, 5.41) is 17.2. The van der Waals surface area contributed by atoms with E-state index in [0.29, 0.717) is 5.56 Å². The molecule has 0 radical (unpaired) electrons. The molecule has 3 aromatic rings. The third-order valence-electron chi connectivity index (χ3n) is 4.38. The van der Waals surface area contributed by atoms with Crippen molar-refractivity contribution in [1.82, 2.24) is 0 Å². The van der Waals surface area contributed by atoms with E-state index in [-0.39, 0.29) is 21.7 Å². The molecule has 3 aromatic carbocycles. The Balaban J connectivity index is 2.07. The fraction of sp³-hybridized carbons (Fsp3) is 0.0476. The van der Waals surface area contributed by atoms with E-state index >= 15 is 0 Å². The molecule has 0 aliphatic heterocycles. The van der Waals surface area contributed by atoms with Crippen molar-refractivity contribution in [3.8, 4) is 11.1 Å². The number of nitrogens with one attached hydrogen (secondary N) is 1. The molecule has 0 aliphatic rings. The van der Waals surface area contributed by atoms with Crippen LogP contribution in [0.4, 0.5) is 10.1 Å². The van der Waals surface area contributed by atoms with E-state index in [1.54, 1.807) is 24.3 Å². The highest BCUT2D eigenvalue weighted by Gasteiger charge is 2.23. The van der Waals surface area contributed by atoms with Gasteiger partial charge in [0.15, 0.2) is 0 Å². The van der Waals surface area contributed by atoms with Gasteiger partial charge < -0.3 is 10.4 Å². The number of hydrogen-bond donors (Lipinski definition) is 3. The van der Waals surface area contributed by atoms with E-state index in [0.717, 1.165) is 23.8 Å². The summed E-state index contributed by atoms with van der Waals surface area (Å²) >= 11 is 0. The van der Waals surface area contributed by atoms with Crippen LogP contribution in [0.1, 0.15) is 26.3 Å². The van der Waals surface area contributed by atoms with Gasteiger partial charge in [-0.2, -0.15) is 0 Å². The summed E-state index contributed by atoms with van der Waals surface area (Å²) in [6, 6.07) is 13.7. The van der Waals surface area contributed by atoms with Crippen LogP contribution in [0.3, 0.4) is 0 Å². The number of carbonyl (C=O) groups is 2. The highest BCUT2D eigenvalue weighted by atomic mass is 32.2. The largest absolute Gasteiger partial charge is 0.478 e. The highest BCUT2D eigenvalue weighted by molar-refractivity contribution is 7.89. The highest BCUT2D eigenvalue weighted by Crippen LogP contribution is 2.32. The molecule has 0 saturated carbocycles. The topological polar surface area (TPSA) is 127 Å². The summed E-state index contributed by atoms with van der Waals surface area (Å²) in [7, 11) is -4.03. The zero-order chi connectivity index (χ0) is 22.1. The van der Waals surface area contributed by atoms with Crippen molar-refractivity contribution in [3.05, 3.63) is 83.2 Å². The van der Waals surface area contributed by atoms with Crippen LogP contribution in [0.2, 0.25) is 0 Å². The van der Waals surface area contributed by atoms with Crippen LogP contribution in [0.15, 0.2) is 65.6 Å². The number of amides is 1. The Bertz CT molecular complexity index is 1250. The van der Waals surface area contributed by atoms with Gasteiger partial charge in [-0.15, -0.1) is 0 Å². The second-order valence-electron chi connectivity index (χ2n) is 6.54. The van der Waals surface area contributed by atoms with Crippen molar-refractivity contribution in [2.24, 2.45) is 5.14 Å². The monoisotopic (exact) mass is 428 g/mol. The number of halogens is 1. The lowest BCUT2D eigenvalue weighted by atomic mass is 9.96. The van der Waals surface area contributed by atoms with Gasteiger partial charge in [0.25, 0.3) is 5.91 Å². The van der Waals surface area contributed by atoms with Crippen molar-refractivity contribution in [3.63, 3.8) is 0 Å². The molecule has 0 heterocycles. The Hall–Kier alpha value is -3.56. The Labute approximate surface area is 172 Å². The number of carbonyl (C=O) groups excluding carboxylic acids is 1. The Morgan fingerprint density at radius 2 is 1.70 bits per heavy atom. The van der Waals surface area contributed by atoms with E-state index in [2.05, 4.69) is 5.32 Å². The first kappa shape index (κ1) is 21.2. The van der Waals surface area contributed by atoms with Crippen LogP contribution < -0.4 is 10.5 Å². The molecule has 0 bridgehead atoms. The van der Waals surface area contributed by atoms with E-state index < -0.39 is 33.3 Å². The Kier molecular flexibility index (Phi) is 5.68. The first-order chi connectivity index (χ1) is 14.1. The summed E-state index contributed by atoms with van der Waals surface area (Å²) in [5.74, 6) is -2.96. The number of hydrogen-bond acceptors (Lipinski definition) is 4. The van der Waals surface area contributed by atoms with Gasteiger partial charge in [0, 0.05) is 11.1 Å². The predicted octanol–water partition coefficient (Wildman–Crippen LogP) is 3.40. The van der Waals surface area contributed by atoms with Crippen LogP contribution in [-0.2, 0) is 10.0 Å². The van der Waals surface area contributed by atoms with Gasteiger partial charge in [0.2, 0.25) is 10.0 Å². The SMILES string of the molecule is Cc1ccc(-c2c(F)ccc(NC(=O)c3cccc(S(N)(=O)=O)c3)c2C(=O)O)cc1. The van der Waals surface area contributed by atoms with Crippen LogP contribution in [0, 0.1) is 12.7 Å². The van der Waals surface area contributed by atoms with Crippen LogP contribution in [0.5, 0.6) is 0 Å². The zero-order valence-electron chi connectivity index (χ0n) is 15.7. The summed E-state index contributed by atoms with van der Waals surface area (Å²) in [6.45, 7) is 1.84. The number of benzene rings is 3. The molecule has 0 fully saturated rings. The fourth-order valence-electron chi connectivity index (χ4n) is 2.91. The number of sulfonamides is 1. The number of aromatic carboxylic acids is 1. The molecule has 0 unspecified atom stereocenters. The third-order valence-corrected chi connectivity index (χ3v) is 5.29. The van der Waals surface area contributed by atoms with E-state index in [1.165, 1.54) is 18.2 Å². The standard InChI is InChI=1S/C21H17FN2O5S/c1-12-5-7-13(8-6-12)18-16(22)9-10-17(19(18)21(26)27)24-20(25)14-3-2-4-15(11-14)30(23,28)29/h2-11H,1H3,(H,24,25)(H,26,27)(H2,23,28,29). The first-order valence-corrected chi connectivity index (χ1v) is 10.2. The van der Waals surface area contributed by atoms with Crippen molar-refractivity contribution in [2.45, 2.75) is 11.8 Å². The molecule has 0 aromatic heterocycles. The van der Waals surface area contributed by atoms with Crippen molar-refractivity contribution < 1.29 is 27.5 Å². The summed E-state index contributed by atoms with van der Waals surface area (Å²) < 4.78 is 37.6. The number of nitrogens with two attached hydrogens (primary N) is 1. The molecule has 4 N–H and O–H groups in total. The Morgan fingerprint density at radius 1 is 1.03 bits per heavy atom. The summed E-state index contributed by atoms with van der Waals surface area (Å²) in [6.07, 6.45) is 0. The minimum Gasteiger partial charge on any atom is -0.478 e. The molecule has 0 atom stereocenters. The minimum absolute atomic E-state index is 0.0564.